The molecule has 0 saturated carbocycles. The zero-order valence-corrected chi connectivity index (χ0v) is 21.2. The Labute approximate surface area is 203 Å². The van der Waals surface area contributed by atoms with Crippen LogP contribution in [0.5, 0.6) is 11.5 Å². The summed E-state index contributed by atoms with van der Waals surface area (Å²) >= 11 is 0. The summed E-state index contributed by atoms with van der Waals surface area (Å²) in [5.41, 5.74) is -0.925. The first-order valence-corrected chi connectivity index (χ1v) is 11.0. The van der Waals surface area contributed by atoms with Gasteiger partial charge in [-0.1, -0.05) is 6.08 Å². The number of hydrogen-bond donors (Lipinski definition) is 0. The number of alkyl halides is 3. The SMILES string of the molecule is COc1ccc(C(=O)/C=C/c2cc(C)c(OC(C)(C)C(=O)OC(C)(C)C)c(C)c2)cc1C(F)(F)F. The molecule has 0 N–H and O–H groups in total. The molecule has 0 fully saturated rings. The molecular formula is C27H31F3O5. The normalized spacial score (nSPS) is 12.5. The van der Waals surface area contributed by atoms with E-state index in [9.17, 15) is 22.8 Å². The van der Waals surface area contributed by atoms with Crippen molar-refractivity contribution in [3.05, 3.63) is 64.2 Å². The maximum absolute atomic E-state index is 13.3. The average molecular weight is 493 g/mol. The van der Waals surface area contributed by atoms with E-state index in [-0.39, 0.29) is 11.3 Å². The van der Waals surface area contributed by atoms with Gasteiger partial charge in [-0.15, -0.1) is 0 Å². The second-order valence-corrected chi connectivity index (χ2v) is 9.71. The highest BCUT2D eigenvalue weighted by molar-refractivity contribution is 6.07. The van der Waals surface area contributed by atoms with E-state index in [0.29, 0.717) is 11.3 Å². The van der Waals surface area contributed by atoms with Crippen molar-refractivity contribution in [2.75, 3.05) is 7.11 Å². The number of esters is 1. The standard InChI is InChI=1S/C27H31F3O5/c1-16-13-18(14-17(2)23(16)34-26(6,7)24(32)35-25(3,4)5)9-11-21(31)19-10-12-22(33-8)20(15-19)27(28,29)30/h9-15H,1-8H3/b11-9+. The van der Waals surface area contributed by atoms with E-state index in [1.807, 2.05) is 0 Å². The summed E-state index contributed by atoms with van der Waals surface area (Å²) < 4.78 is 56.0. The number of ether oxygens (including phenoxy) is 3. The van der Waals surface area contributed by atoms with Crippen molar-refractivity contribution in [1.82, 2.24) is 0 Å². The largest absolute Gasteiger partial charge is 0.496 e. The third-order valence-electron chi connectivity index (χ3n) is 4.95. The Morgan fingerprint density at radius 1 is 0.914 bits per heavy atom. The first-order chi connectivity index (χ1) is 15.9. The molecule has 5 nitrogen and oxygen atoms in total. The number of carbonyl (C=O) groups excluding carboxylic acids is 2. The predicted octanol–water partition coefficient (Wildman–Crippen LogP) is 6.73. The van der Waals surface area contributed by atoms with Crippen molar-refractivity contribution in [2.24, 2.45) is 0 Å². The second-order valence-electron chi connectivity index (χ2n) is 9.71. The molecule has 35 heavy (non-hydrogen) atoms. The monoisotopic (exact) mass is 492 g/mol. The molecule has 0 amide bonds. The highest BCUT2D eigenvalue weighted by Gasteiger charge is 2.36. The van der Waals surface area contributed by atoms with Crippen LogP contribution in [0.15, 0.2) is 36.4 Å². The molecule has 0 aliphatic rings. The molecule has 0 spiro atoms. The average Bonchev–Trinajstić information content (AvgIpc) is 2.72. The number of ketones is 1. The Kier molecular flexibility index (Phi) is 8.10. The number of halogens is 3. The maximum Gasteiger partial charge on any atom is 0.419 e. The third kappa shape index (κ3) is 7.34. The summed E-state index contributed by atoms with van der Waals surface area (Å²) in [5.74, 6) is -0.931. The highest BCUT2D eigenvalue weighted by Crippen LogP contribution is 2.37. The van der Waals surface area contributed by atoms with E-state index in [4.69, 9.17) is 14.2 Å². The summed E-state index contributed by atoms with van der Waals surface area (Å²) in [6, 6.07) is 6.69. The van der Waals surface area contributed by atoms with Crippen LogP contribution in [0, 0.1) is 13.8 Å². The van der Waals surface area contributed by atoms with Gasteiger partial charge in [0.1, 0.15) is 17.1 Å². The van der Waals surface area contributed by atoms with E-state index in [2.05, 4.69) is 0 Å². The molecule has 2 aromatic rings. The predicted molar refractivity (Wildman–Crippen MR) is 128 cm³/mol. The van der Waals surface area contributed by atoms with E-state index in [1.54, 1.807) is 60.6 Å². The first-order valence-electron chi connectivity index (χ1n) is 11.0. The third-order valence-corrected chi connectivity index (χ3v) is 4.95. The van der Waals surface area contributed by atoms with Gasteiger partial charge in [0.05, 0.1) is 12.7 Å². The van der Waals surface area contributed by atoms with Crippen LogP contribution < -0.4 is 9.47 Å². The van der Waals surface area contributed by atoms with Gasteiger partial charge < -0.3 is 14.2 Å². The topological polar surface area (TPSA) is 61.8 Å². The fraction of sp³-hybridized carbons (Fsp3) is 0.407. The molecule has 0 saturated heterocycles. The molecule has 0 atom stereocenters. The quantitative estimate of drug-likeness (QED) is 0.244. The summed E-state index contributed by atoms with van der Waals surface area (Å²) in [5, 5.41) is 0. The van der Waals surface area contributed by atoms with Gasteiger partial charge in [0.25, 0.3) is 0 Å². The molecule has 0 aliphatic carbocycles. The lowest BCUT2D eigenvalue weighted by Crippen LogP contribution is -2.43. The number of methoxy groups -OCH3 is 1. The van der Waals surface area contributed by atoms with Crippen molar-refractivity contribution < 1.29 is 37.0 Å². The smallest absolute Gasteiger partial charge is 0.419 e. The molecule has 0 heterocycles. The van der Waals surface area contributed by atoms with Gasteiger partial charge in [-0.05, 0) is 102 Å². The second kappa shape index (κ2) is 10.1. The minimum atomic E-state index is -4.65. The van der Waals surface area contributed by atoms with Crippen LogP contribution in [-0.4, -0.2) is 30.1 Å². The number of carbonyl (C=O) groups is 2. The Morgan fingerprint density at radius 3 is 1.97 bits per heavy atom. The molecule has 0 radical (unpaired) electrons. The minimum Gasteiger partial charge on any atom is -0.496 e. The van der Waals surface area contributed by atoms with E-state index >= 15 is 0 Å². The zero-order chi connectivity index (χ0) is 26.8. The van der Waals surface area contributed by atoms with Gasteiger partial charge in [-0.2, -0.15) is 13.2 Å². The van der Waals surface area contributed by atoms with Gasteiger partial charge >= 0.3 is 12.1 Å². The number of benzene rings is 2. The zero-order valence-electron chi connectivity index (χ0n) is 21.2. The van der Waals surface area contributed by atoms with Gasteiger partial charge in [0.15, 0.2) is 11.4 Å². The molecule has 190 valence electrons. The van der Waals surface area contributed by atoms with Gasteiger partial charge in [-0.25, -0.2) is 4.79 Å². The van der Waals surface area contributed by atoms with Crippen LogP contribution in [0.4, 0.5) is 13.2 Å². The summed E-state index contributed by atoms with van der Waals surface area (Å²) in [6.07, 6.45) is -1.92. The Morgan fingerprint density at radius 2 is 1.49 bits per heavy atom. The van der Waals surface area contributed by atoms with Crippen molar-refractivity contribution in [2.45, 2.75) is 65.8 Å². The Bertz CT molecular complexity index is 1120. The lowest BCUT2D eigenvalue weighted by atomic mass is 10.0. The van der Waals surface area contributed by atoms with Crippen LogP contribution in [0.25, 0.3) is 6.08 Å². The van der Waals surface area contributed by atoms with Gasteiger partial charge in [0.2, 0.25) is 0 Å². The molecule has 0 bridgehead atoms. The molecule has 8 heteroatoms. The Balaban J connectivity index is 2.26. The number of rotatable bonds is 7. The lowest BCUT2D eigenvalue weighted by Gasteiger charge is -2.30. The van der Waals surface area contributed by atoms with Crippen molar-refractivity contribution in [1.29, 1.82) is 0 Å². The number of hydrogen-bond acceptors (Lipinski definition) is 5. The summed E-state index contributed by atoms with van der Waals surface area (Å²) in [6.45, 7) is 12.2. The van der Waals surface area contributed by atoms with E-state index < -0.39 is 34.7 Å². The molecule has 0 aliphatic heterocycles. The summed E-state index contributed by atoms with van der Waals surface area (Å²) in [7, 11) is 1.14. The lowest BCUT2D eigenvalue weighted by molar-refractivity contribution is -0.171. The van der Waals surface area contributed by atoms with Crippen LogP contribution >= 0.6 is 0 Å². The molecule has 0 unspecified atom stereocenters. The molecule has 0 aromatic heterocycles. The van der Waals surface area contributed by atoms with Crippen molar-refractivity contribution in [3.63, 3.8) is 0 Å². The Hall–Kier alpha value is -3.29. The van der Waals surface area contributed by atoms with Gasteiger partial charge in [0, 0.05) is 5.56 Å². The molecule has 2 aromatic carbocycles. The van der Waals surface area contributed by atoms with Crippen LogP contribution in [0.3, 0.4) is 0 Å². The van der Waals surface area contributed by atoms with Crippen LogP contribution in [-0.2, 0) is 15.7 Å². The minimum absolute atomic E-state index is 0.109. The van der Waals surface area contributed by atoms with Gasteiger partial charge in [-0.3, -0.25) is 4.79 Å². The van der Waals surface area contributed by atoms with Crippen LogP contribution in [0.1, 0.15) is 67.2 Å². The van der Waals surface area contributed by atoms with Crippen LogP contribution in [0.2, 0.25) is 0 Å². The van der Waals surface area contributed by atoms with E-state index in [1.165, 1.54) is 18.2 Å². The maximum atomic E-state index is 13.3. The van der Waals surface area contributed by atoms with Crippen molar-refractivity contribution in [3.8, 4) is 11.5 Å². The first kappa shape index (κ1) is 28.0. The summed E-state index contributed by atoms with van der Waals surface area (Å²) in [4.78, 5) is 25.1. The number of allylic oxidation sites excluding steroid dienone is 1. The van der Waals surface area contributed by atoms with Crippen molar-refractivity contribution >= 4 is 17.8 Å². The fourth-order valence-electron chi connectivity index (χ4n) is 3.29. The molecule has 2 rings (SSSR count). The highest BCUT2D eigenvalue weighted by atomic mass is 19.4. The fourth-order valence-corrected chi connectivity index (χ4v) is 3.29. The molecular weight excluding hydrogens is 461 g/mol. The number of aryl methyl sites for hydroxylation is 2. The van der Waals surface area contributed by atoms with E-state index in [0.717, 1.165) is 30.4 Å².